The number of nitrogens with zero attached hydrogens (tertiary/aromatic N) is 1. The third-order valence-corrected chi connectivity index (χ3v) is 4.45. The maximum atomic E-state index is 10.7. The first-order valence-electron chi connectivity index (χ1n) is 5.12. The van der Waals surface area contributed by atoms with Crippen molar-refractivity contribution in [3.8, 4) is 0 Å². The zero-order chi connectivity index (χ0) is 12.1. The monoisotopic (exact) mass is 349 g/mol. The van der Waals surface area contributed by atoms with E-state index in [-0.39, 0.29) is 10.6 Å². The van der Waals surface area contributed by atoms with Crippen LogP contribution in [0.25, 0.3) is 0 Å². The molecule has 1 aromatic rings. The predicted octanol–water partition coefficient (Wildman–Crippen LogP) is 4.46. The van der Waals surface area contributed by atoms with Crippen LogP contribution in [-0.4, -0.2) is 9.75 Å². The highest BCUT2D eigenvalue weighted by atomic mass is 79.9. The van der Waals surface area contributed by atoms with Gasteiger partial charge in [0.1, 0.15) is 0 Å². The van der Waals surface area contributed by atoms with Gasteiger partial charge in [0, 0.05) is 10.9 Å². The van der Waals surface area contributed by atoms with Gasteiger partial charge in [-0.3, -0.25) is 10.1 Å². The SMILES string of the molecule is CCC(Br)CCc1cccc([N+](=O)[O-])c1Br. The molecule has 0 fully saturated rings. The van der Waals surface area contributed by atoms with Crippen LogP contribution < -0.4 is 0 Å². The van der Waals surface area contributed by atoms with E-state index in [1.165, 1.54) is 6.07 Å². The number of nitro benzene ring substituents is 1. The molecule has 0 radical (unpaired) electrons. The minimum Gasteiger partial charge on any atom is -0.258 e. The van der Waals surface area contributed by atoms with Crippen LogP contribution in [0, 0.1) is 10.1 Å². The van der Waals surface area contributed by atoms with Gasteiger partial charge in [-0.15, -0.1) is 0 Å². The summed E-state index contributed by atoms with van der Waals surface area (Å²) >= 11 is 6.85. The van der Waals surface area contributed by atoms with Crippen molar-refractivity contribution in [2.45, 2.75) is 31.0 Å². The molecule has 0 aliphatic heterocycles. The number of nitro groups is 1. The molecule has 1 aromatic carbocycles. The van der Waals surface area contributed by atoms with E-state index in [2.05, 4.69) is 38.8 Å². The normalized spacial score (nSPS) is 12.4. The molecule has 3 nitrogen and oxygen atoms in total. The second-order valence-corrected chi connectivity index (χ2v) is 5.64. The Balaban J connectivity index is 2.81. The van der Waals surface area contributed by atoms with Crippen LogP contribution in [0.4, 0.5) is 5.69 Å². The van der Waals surface area contributed by atoms with Crippen molar-refractivity contribution >= 4 is 37.5 Å². The lowest BCUT2D eigenvalue weighted by molar-refractivity contribution is -0.385. The van der Waals surface area contributed by atoms with Gasteiger partial charge in [0.05, 0.1) is 9.40 Å². The quantitative estimate of drug-likeness (QED) is 0.447. The Morgan fingerprint density at radius 3 is 2.75 bits per heavy atom. The highest BCUT2D eigenvalue weighted by Gasteiger charge is 2.15. The maximum absolute atomic E-state index is 10.7. The Labute approximate surface area is 112 Å². The Morgan fingerprint density at radius 1 is 1.50 bits per heavy atom. The fraction of sp³-hybridized carbons (Fsp3) is 0.455. The fourth-order valence-electron chi connectivity index (χ4n) is 1.42. The van der Waals surface area contributed by atoms with E-state index in [0.29, 0.717) is 9.30 Å². The number of hydrogen-bond acceptors (Lipinski definition) is 2. The van der Waals surface area contributed by atoms with E-state index < -0.39 is 0 Å². The van der Waals surface area contributed by atoms with E-state index >= 15 is 0 Å². The summed E-state index contributed by atoms with van der Waals surface area (Å²) in [5.74, 6) is 0. The highest BCUT2D eigenvalue weighted by Crippen LogP contribution is 2.29. The van der Waals surface area contributed by atoms with E-state index in [9.17, 15) is 10.1 Å². The summed E-state index contributed by atoms with van der Waals surface area (Å²) in [6, 6.07) is 5.17. The molecule has 0 aliphatic carbocycles. The van der Waals surface area contributed by atoms with Crippen LogP contribution in [0.3, 0.4) is 0 Å². The summed E-state index contributed by atoms with van der Waals surface area (Å²) in [5.41, 5.74) is 1.13. The maximum Gasteiger partial charge on any atom is 0.283 e. The lowest BCUT2D eigenvalue weighted by Crippen LogP contribution is -2.00. The third kappa shape index (κ3) is 3.56. The predicted molar refractivity (Wildman–Crippen MR) is 72.1 cm³/mol. The van der Waals surface area contributed by atoms with Crippen molar-refractivity contribution in [2.75, 3.05) is 0 Å². The van der Waals surface area contributed by atoms with Crippen molar-refractivity contribution in [1.29, 1.82) is 0 Å². The molecule has 5 heteroatoms. The van der Waals surface area contributed by atoms with Gasteiger partial charge in [-0.1, -0.05) is 35.0 Å². The molecule has 0 aliphatic rings. The zero-order valence-corrected chi connectivity index (χ0v) is 12.1. The number of aryl methyl sites for hydroxylation is 1. The molecule has 1 rings (SSSR count). The number of benzene rings is 1. The average molecular weight is 351 g/mol. The molecular formula is C11H13Br2NO2. The summed E-state index contributed by atoms with van der Waals surface area (Å²) in [7, 11) is 0. The third-order valence-electron chi connectivity index (χ3n) is 2.42. The van der Waals surface area contributed by atoms with Crippen molar-refractivity contribution in [1.82, 2.24) is 0 Å². The van der Waals surface area contributed by atoms with Gasteiger partial charge in [0.25, 0.3) is 5.69 Å². The smallest absolute Gasteiger partial charge is 0.258 e. The van der Waals surface area contributed by atoms with Gasteiger partial charge in [0.2, 0.25) is 0 Å². The number of rotatable bonds is 5. The van der Waals surface area contributed by atoms with Crippen molar-refractivity contribution in [3.63, 3.8) is 0 Å². The van der Waals surface area contributed by atoms with Crippen LogP contribution in [0.2, 0.25) is 0 Å². The van der Waals surface area contributed by atoms with Crippen LogP contribution in [-0.2, 0) is 6.42 Å². The molecule has 0 saturated heterocycles. The van der Waals surface area contributed by atoms with Crippen LogP contribution in [0.1, 0.15) is 25.3 Å². The zero-order valence-electron chi connectivity index (χ0n) is 8.95. The Kier molecular flexibility index (Phi) is 5.41. The molecule has 0 bridgehead atoms. The molecule has 16 heavy (non-hydrogen) atoms. The van der Waals surface area contributed by atoms with E-state index in [1.54, 1.807) is 6.07 Å². The topological polar surface area (TPSA) is 43.1 Å². The average Bonchev–Trinajstić information content (AvgIpc) is 2.26. The lowest BCUT2D eigenvalue weighted by atomic mass is 10.1. The summed E-state index contributed by atoms with van der Waals surface area (Å²) in [6.07, 6.45) is 2.88. The Hall–Kier alpha value is -0.420. The summed E-state index contributed by atoms with van der Waals surface area (Å²) in [6.45, 7) is 2.11. The van der Waals surface area contributed by atoms with Crippen LogP contribution in [0.5, 0.6) is 0 Å². The molecule has 0 aromatic heterocycles. The largest absolute Gasteiger partial charge is 0.283 e. The second-order valence-electron chi connectivity index (χ2n) is 3.55. The van der Waals surface area contributed by atoms with E-state index in [0.717, 1.165) is 24.8 Å². The first kappa shape index (κ1) is 13.6. The van der Waals surface area contributed by atoms with Gasteiger partial charge >= 0.3 is 0 Å². The van der Waals surface area contributed by atoms with Gasteiger partial charge in [0.15, 0.2) is 0 Å². The Bertz CT molecular complexity index is 382. The summed E-state index contributed by atoms with van der Waals surface area (Å²) < 4.78 is 0.607. The molecule has 88 valence electrons. The number of halogens is 2. The molecule has 0 saturated carbocycles. The molecule has 1 unspecified atom stereocenters. The Morgan fingerprint density at radius 2 is 2.19 bits per heavy atom. The molecule has 1 atom stereocenters. The first-order valence-corrected chi connectivity index (χ1v) is 6.83. The van der Waals surface area contributed by atoms with Crippen LogP contribution in [0.15, 0.2) is 22.7 Å². The van der Waals surface area contributed by atoms with Gasteiger partial charge in [-0.05, 0) is 40.8 Å². The molecule has 0 spiro atoms. The molecule has 0 heterocycles. The molecule has 0 N–H and O–H groups in total. The molecular weight excluding hydrogens is 338 g/mol. The number of hydrogen-bond donors (Lipinski definition) is 0. The van der Waals surface area contributed by atoms with Crippen molar-refractivity contribution < 1.29 is 4.92 Å². The first-order chi connectivity index (χ1) is 7.56. The van der Waals surface area contributed by atoms with Gasteiger partial charge < -0.3 is 0 Å². The highest BCUT2D eigenvalue weighted by molar-refractivity contribution is 9.10. The van der Waals surface area contributed by atoms with Crippen LogP contribution >= 0.6 is 31.9 Å². The standard InChI is InChI=1S/C11H13Br2NO2/c1-2-9(12)7-6-8-4-3-5-10(11(8)13)14(15)16/h3-5,9H,2,6-7H2,1H3. The van der Waals surface area contributed by atoms with E-state index in [4.69, 9.17) is 0 Å². The molecule has 0 amide bonds. The van der Waals surface area contributed by atoms with Gasteiger partial charge in [-0.25, -0.2) is 0 Å². The van der Waals surface area contributed by atoms with Crippen molar-refractivity contribution in [2.24, 2.45) is 0 Å². The van der Waals surface area contributed by atoms with E-state index in [1.807, 2.05) is 6.07 Å². The second kappa shape index (κ2) is 6.35. The minimum atomic E-state index is -0.362. The van der Waals surface area contributed by atoms with Gasteiger partial charge in [-0.2, -0.15) is 0 Å². The fourth-order valence-corrected chi connectivity index (χ4v) is 2.25. The summed E-state index contributed by atoms with van der Waals surface area (Å²) in [5, 5.41) is 10.7. The minimum absolute atomic E-state index is 0.139. The summed E-state index contributed by atoms with van der Waals surface area (Å²) in [4.78, 5) is 10.8. The number of alkyl halides is 1. The van der Waals surface area contributed by atoms with Crippen molar-refractivity contribution in [3.05, 3.63) is 38.3 Å². The lowest BCUT2D eigenvalue weighted by Gasteiger charge is -2.08.